The highest BCUT2D eigenvalue weighted by molar-refractivity contribution is 6.30. The van der Waals surface area contributed by atoms with Crippen LogP contribution in [0.3, 0.4) is 0 Å². The van der Waals surface area contributed by atoms with Crippen molar-refractivity contribution >= 4 is 17.5 Å². The van der Waals surface area contributed by atoms with Gasteiger partial charge in [0.25, 0.3) is 0 Å². The molecule has 0 bridgehead atoms. The number of carbonyl (C=O) groups is 1. The van der Waals surface area contributed by atoms with Gasteiger partial charge in [0.15, 0.2) is 5.69 Å². The fourth-order valence-corrected chi connectivity index (χ4v) is 4.79. The summed E-state index contributed by atoms with van der Waals surface area (Å²) < 4.78 is 56.2. The Labute approximate surface area is 188 Å². The Kier molecular flexibility index (Phi) is 6.49. The highest BCUT2D eigenvalue weighted by Crippen LogP contribution is 2.36. The second kappa shape index (κ2) is 9.02. The monoisotopic (exact) mass is 472 g/mol. The van der Waals surface area contributed by atoms with E-state index in [-0.39, 0.29) is 60.1 Å². The van der Waals surface area contributed by atoms with Gasteiger partial charge in [-0.05, 0) is 50.2 Å². The minimum absolute atomic E-state index is 0.0265. The van der Waals surface area contributed by atoms with Crippen molar-refractivity contribution in [3.8, 4) is 0 Å². The molecule has 2 aromatic rings. The smallest absolute Gasteiger partial charge is 0.336 e. The summed E-state index contributed by atoms with van der Waals surface area (Å²) in [6.07, 6.45) is -0.646. The molecule has 0 radical (unpaired) electrons. The van der Waals surface area contributed by atoms with Gasteiger partial charge in [-0.1, -0.05) is 17.7 Å². The molecule has 0 atom stereocenters. The Bertz CT molecular complexity index is 999. The Balaban J connectivity index is 1.56. The van der Waals surface area contributed by atoms with E-state index < -0.39 is 17.7 Å². The molecule has 0 saturated heterocycles. The van der Waals surface area contributed by atoms with Gasteiger partial charge in [-0.15, -0.1) is 0 Å². The zero-order valence-corrected chi connectivity index (χ0v) is 18.2. The fourth-order valence-electron chi connectivity index (χ4n) is 4.63. The Morgan fingerprint density at radius 2 is 1.94 bits per heavy atom. The highest BCUT2D eigenvalue weighted by atomic mass is 35.5. The van der Waals surface area contributed by atoms with Gasteiger partial charge < -0.3 is 10.6 Å². The van der Waals surface area contributed by atoms with Crippen molar-refractivity contribution in [3.05, 3.63) is 51.6 Å². The number of halogens is 5. The van der Waals surface area contributed by atoms with Crippen molar-refractivity contribution in [1.29, 1.82) is 0 Å². The fraction of sp³-hybridized carbons (Fsp3) is 0.545. The first-order valence-electron chi connectivity index (χ1n) is 10.7. The average molecular weight is 473 g/mol. The Hall–Kier alpha value is -2.13. The summed E-state index contributed by atoms with van der Waals surface area (Å²) in [5.41, 5.74) is 5.53. The molecule has 5 nitrogen and oxygen atoms in total. The molecule has 2 aliphatic rings. The zero-order valence-electron chi connectivity index (χ0n) is 17.5. The first-order valence-corrected chi connectivity index (χ1v) is 11.1. The van der Waals surface area contributed by atoms with Crippen molar-refractivity contribution < 1.29 is 22.4 Å². The molecule has 10 heteroatoms. The third-order valence-electron chi connectivity index (χ3n) is 6.45. The number of aromatic nitrogens is 2. The number of amides is 1. The Morgan fingerprint density at radius 1 is 1.22 bits per heavy atom. The van der Waals surface area contributed by atoms with E-state index in [1.807, 2.05) is 0 Å². The summed E-state index contributed by atoms with van der Waals surface area (Å²) in [7, 11) is 0. The third kappa shape index (κ3) is 4.93. The number of rotatable bonds is 4. The van der Waals surface area contributed by atoms with E-state index in [0.717, 1.165) is 31.7 Å². The largest absolute Gasteiger partial charge is 0.435 e. The quantitative estimate of drug-likeness (QED) is 0.665. The minimum Gasteiger partial charge on any atom is -0.336 e. The molecule has 1 aromatic carbocycles. The van der Waals surface area contributed by atoms with Crippen LogP contribution < -0.4 is 5.73 Å². The van der Waals surface area contributed by atoms with E-state index in [1.54, 1.807) is 4.90 Å². The van der Waals surface area contributed by atoms with Crippen LogP contribution in [0.25, 0.3) is 0 Å². The molecule has 1 fully saturated rings. The number of alkyl halides is 3. The molecule has 1 saturated carbocycles. The lowest BCUT2D eigenvalue weighted by molar-refractivity contribution is -0.142. The molecule has 0 spiro atoms. The van der Waals surface area contributed by atoms with E-state index in [0.29, 0.717) is 12.1 Å². The summed E-state index contributed by atoms with van der Waals surface area (Å²) in [5, 5.41) is 3.98. The van der Waals surface area contributed by atoms with Crippen LogP contribution in [0.15, 0.2) is 18.2 Å². The summed E-state index contributed by atoms with van der Waals surface area (Å²) >= 11 is 5.78. The lowest BCUT2D eigenvalue weighted by Gasteiger charge is -2.31. The predicted molar refractivity (Wildman–Crippen MR) is 111 cm³/mol. The van der Waals surface area contributed by atoms with Crippen molar-refractivity contribution in [2.45, 2.75) is 63.8 Å². The van der Waals surface area contributed by atoms with Gasteiger partial charge in [0, 0.05) is 35.2 Å². The standard InChI is InChI=1S/C22H25ClF4N4O/c23-15-4-3-14(18(24)10-15)11-31-19-12-30(8-7-17(19)21(29-31)22(25,26)27)20(32)9-13-1-5-16(28)6-2-13/h3-4,10,13,16H,1-2,5-9,11-12,28H2. The van der Waals surface area contributed by atoms with E-state index in [9.17, 15) is 22.4 Å². The second-order valence-electron chi connectivity index (χ2n) is 8.72. The highest BCUT2D eigenvalue weighted by Gasteiger charge is 2.41. The van der Waals surface area contributed by atoms with Crippen molar-refractivity contribution in [1.82, 2.24) is 14.7 Å². The maximum atomic E-state index is 14.3. The molecule has 1 aliphatic carbocycles. The van der Waals surface area contributed by atoms with E-state index in [1.165, 1.54) is 16.8 Å². The van der Waals surface area contributed by atoms with Crippen LogP contribution in [-0.4, -0.2) is 33.2 Å². The zero-order chi connectivity index (χ0) is 23.0. The van der Waals surface area contributed by atoms with Gasteiger partial charge in [-0.3, -0.25) is 9.48 Å². The normalized spacial score (nSPS) is 21.5. The van der Waals surface area contributed by atoms with E-state index >= 15 is 0 Å². The van der Waals surface area contributed by atoms with Crippen LogP contribution in [0.1, 0.15) is 54.6 Å². The maximum Gasteiger partial charge on any atom is 0.435 e. The molecular formula is C22H25ClF4N4O. The summed E-state index contributed by atoms with van der Waals surface area (Å²) in [4.78, 5) is 14.5. The first kappa shape index (κ1) is 23.0. The average Bonchev–Trinajstić information content (AvgIpc) is 3.10. The molecule has 2 heterocycles. The van der Waals surface area contributed by atoms with Crippen LogP contribution in [0, 0.1) is 11.7 Å². The number of nitrogens with two attached hydrogens (primary N) is 1. The number of carbonyl (C=O) groups excluding carboxylic acids is 1. The van der Waals surface area contributed by atoms with Gasteiger partial charge in [0.2, 0.25) is 5.91 Å². The van der Waals surface area contributed by atoms with Gasteiger partial charge in [-0.25, -0.2) is 4.39 Å². The molecule has 32 heavy (non-hydrogen) atoms. The van der Waals surface area contributed by atoms with E-state index in [2.05, 4.69) is 5.10 Å². The van der Waals surface area contributed by atoms with Crippen LogP contribution in [0.5, 0.6) is 0 Å². The summed E-state index contributed by atoms with van der Waals surface area (Å²) in [5.74, 6) is -0.438. The SMILES string of the molecule is NC1CCC(CC(=O)N2CCc3c(C(F)(F)F)nn(Cc4ccc(Cl)cc4F)c3C2)CC1. The predicted octanol–water partition coefficient (Wildman–Crippen LogP) is 4.54. The van der Waals surface area contributed by atoms with Gasteiger partial charge in [-0.2, -0.15) is 18.3 Å². The topological polar surface area (TPSA) is 64.2 Å². The third-order valence-corrected chi connectivity index (χ3v) is 6.69. The molecule has 1 aromatic heterocycles. The van der Waals surface area contributed by atoms with Crippen molar-refractivity contribution in [2.75, 3.05) is 6.54 Å². The molecular weight excluding hydrogens is 448 g/mol. The lowest BCUT2D eigenvalue weighted by Crippen LogP contribution is -2.38. The number of hydrogen-bond acceptors (Lipinski definition) is 3. The second-order valence-corrected chi connectivity index (χ2v) is 9.15. The minimum atomic E-state index is -4.62. The number of nitrogens with zero attached hydrogens (tertiary/aromatic N) is 3. The number of hydrogen-bond donors (Lipinski definition) is 1. The van der Waals surface area contributed by atoms with Gasteiger partial charge in [0.05, 0.1) is 18.8 Å². The Morgan fingerprint density at radius 3 is 2.59 bits per heavy atom. The molecule has 174 valence electrons. The van der Waals surface area contributed by atoms with Gasteiger partial charge >= 0.3 is 6.18 Å². The van der Waals surface area contributed by atoms with Crippen molar-refractivity contribution in [3.63, 3.8) is 0 Å². The van der Waals surface area contributed by atoms with E-state index in [4.69, 9.17) is 17.3 Å². The maximum absolute atomic E-state index is 14.3. The molecule has 2 N–H and O–H groups in total. The van der Waals surface area contributed by atoms with Crippen molar-refractivity contribution in [2.24, 2.45) is 11.7 Å². The van der Waals surface area contributed by atoms with Crippen LogP contribution in [-0.2, 0) is 30.5 Å². The molecule has 1 amide bonds. The van der Waals surface area contributed by atoms with Crippen LogP contribution in [0.2, 0.25) is 5.02 Å². The summed E-state index contributed by atoms with van der Waals surface area (Å²) in [6.45, 7) is 0.0603. The molecule has 4 rings (SSSR count). The molecule has 0 unspecified atom stereocenters. The van der Waals surface area contributed by atoms with Crippen LogP contribution in [0.4, 0.5) is 17.6 Å². The number of fused-ring (bicyclic) bond motifs is 1. The number of benzene rings is 1. The first-order chi connectivity index (χ1) is 15.1. The van der Waals surface area contributed by atoms with Gasteiger partial charge in [0.1, 0.15) is 5.82 Å². The lowest BCUT2D eigenvalue weighted by atomic mass is 9.84. The van der Waals surface area contributed by atoms with Crippen LogP contribution >= 0.6 is 11.6 Å². The summed E-state index contributed by atoms with van der Waals surface area (Å²) in [6, 6.07) is 4.20. The molecule has 1 aliphatic heterocycles.